The number of carboxylic acids is 1. The summed E-state index contributed by atoms with van der Waals surface area (Å²) in [4.78, 5) is 15.2. The minimum absolute atomic E-state index is 0.0165. The van der Waals surface area contributed by atoms with E-state index in [1.165, 1.54) is 17.8 Å². The number of likely N-dealkylation sites (tertiary alicyclic amines) is 1. The number of carboxylic acid groups (broad SMARTS) is 1. The Balaban J connectivity index is 0.000000587. The van der Waals surface area contributed by atoms with Gasteiger partial charge in [-0.1, -0.05) is 0 Å². The average Bonchev–Trinajstić information content (AvgIpc) is 3.55. The zero-order chi connectivity index (χ0) is 30.7. The molecule has 0 aliphatic carbocycles. The van der Waals surface area contributed by atoms with Crippen LogP contribution >= 0.6 is 11.3 Å². The number of nitrogens with zero attached hydrogens (tertiary/aromatic N) is 3. The van der Waals surface area contributed by atoms with Crippen LogP contribution in [0.1, 0.15) is 17.5 Å². The molecule has 0 radical (unpaired) electrons. The largest absolute Gasteiger partial charge is 0.490 e. The van der Waals surface area contributed by atoms with E-state index in [1.807, 2.05) is 4.90 Å². The van der Waals surface area contributed by atoms with Crippen molar-refractivity contribution in [1.29, 1.82) is 0 Å². The fraction of sp³-hybridized carbons (Fsp3) is 0.333. The lowest BCUT2D eigenvalue weighted by Crippen LogP contribution is -2.35. The van der Waals surface area contributed by atoms with Crippen LogP contribution in [0.3, 0.4) is 0 Å². The molecule has 1 aliphatic heterocycles. The normalized spacial score (nSPS) is 15.8. The Bertz CT molecular complexity index is 1500. The summed E-state index contributed by atoms with van der Waals surface area (Å²) in [5.41, 5.74) is 1.82. The number of benzene rings is 2. The third-order valence-electron chi connectivity index (χ3n) is 6.15. The summed E-state index contributed by atoms with van der Waals surface area (Å²) in [6.07, 6.45) is -4.46. The average molecular weight is 629 g/mol. The third kappa shape index (κ3) is 7.85. The van der Waals surface area contributed by atoms with Crippen LogP contribution in [0, 0.1) is 30.2 Å². The highest BCUT2D eigenvalue weighted by Gasteiger charge is 2.38. The second-order valence-electron chi connectivity index (χ2n) is 8.95. The second kappa shape index (κ2) is 12.6. The van der Waals surface area contributed by atoms with Crippen LogP contribution in [-0.2, 0) is 21.4 Å². The van der Waals surface area contributed by atoms with Crippen molar-refractivity contribution in [3.63, 3.8) is 0 Å². The molecule has 1 aliphatic rings. The molecule has 2 N–H and O–H groups in total. The van der Waals surface area contributed by atoms with Crippen molar-refractivity contribution >= 4 is 38.8 Å². The topological polar surface area (TPSA) is 103 Å². The van der Waals surface area contributed by atoms with Gasteiger partial charge in [-0.2, -0.15) is 13.2 Å². The van der Waals surface area contributed by atoms with E-state index in [0.717, 1.165) is 35.6 Å². The smallest absolute Gasteiger partial charge is 0.475 e. The Morgan fingerprint density at radius 2 is 1.85 bits per heavy atom. The predicted octanol–water partition coefficient (Wildman–Crippen LogP) is 5.15. The number of sulfonamides is 1. The van der Waals surface area contributed by atoms with E-state index in [4.69, 9.17) is 9.90 Å². The summed E-state index contributed by atoms with van der Waals surface area (Å²) in [6.45, 7) is 2.63. The van der Waals surface area contributed by atoms with Gasteiger partial charge in [0.15, 0.2) is 16.5 Å². The number of hydrogen-bond donors (Lipinski definition) is 2. The van der Waals surface area contributed by atoms with Crippen LogP contribution in [-0.4, -0.2) is 61.7 Å². The van der Waals surface area contributed by atoms with Crippen LogP contribution in [0.15, 0.2) is 40.1 Å². The summed E-state index contributed by atoms with van der Waals surface area (Å²) in [5.74, 6) is -6.20. The van der Waals surface area contributed by atoms with E-state index >= 15 is 4.39 Å². The van der Waals surface area contributed by atoms with Crippen molar-refractivity contribution < 1.29 is 49.1 Å². The van der Waals surface area contributed by atoms with Crippen LogP contribution in [0.4, 0.5) is 42.2 Å². The number of rotatable bonds is 7. The number of likely N-dealkylation sites (N-methyl/N-ethyl adjacent to an activating group) is 1. The quantitative estimate of drug-likeness (QED) is 0.349. The fourth-order valence-corrected chi connectivity index (χ4v) is 5.87. The second-order valence-corrected chi connectivity index (χ2v) is 11.3. The summed E-state index contributed by atoms with van der Waals surface area (Å²) in [7, 11) is -2.86. The molecule has 1 atom stereocenters. The Morgan fingerprint density at radius 1 is 1.20 bits per heavy atom. The number of halogens is 7. The lowest BCUT2D eigenvalue weighted by molar-refractivity contribution is -0.192. The van der Waals surface area contributed by atoms with Gasteiger partial charge in [0.1, 0.15) is 17.5 Å². The van der Waals surface area contributed by atoms with Gasteiger partial charge in [0.2, 0.25) is 0 Å². The molecule has 3 aromatic rings. The summed E-state index contributed by atoms with van der Waals surface area (Å²) in [5, 5.41) is 8.53. The van der Waals surface area contributed by atoms with Gasteiger partial charge in [-0.15, -0.1) is 11.3 Å². The Kier molecular flexibility index (Phi) is 9.86. The van der Waals surface area contributed by atoms with Crippen molar-refractivity contribution in [2.75, 3.05) is 29.8 Å². The first-order chi connectivity index (χ1) is 19.0. The first-order valence-corrected chi connectivity index (χ1v) is 14.0. The summed E-state index contributed by atoms with van der Waals surface area (Å²) < 4.78 is 117. The zero-order valence-electron chi connectivity index (χ0n) is 21.3. The first kappa shape index (κ1) is 32.1. The number of aliphatic carboxylic acids is 1. The van der Waals surface area contributed by atoms with E-state index in [9.17, 15) is 34.8 Å². The summed E-state index contributed by atoms with van der Waals surface area (Å²) in [6, 6.07) is 4.13. The highest BCUT2D eigenvalue weighted by atomic mass is 32.2. The number of aromatic nitrogens is 1. The number of carbonyl (C=O) groups is 1. The van der Waals surface area contributed by atoms with Gasteiger partial charge in [0.05, 0.1) is 5.51 Å². The standard InChI is InChI=1S/C22H22F4N4O2S2.C2HF3O2/c1-13-19(8-18(25)22(21(13)26)34(31,32)28-20-11-33-12-27-20)29(2)16-5-6-30(10-16)9-14-7-15(23)3-4-17(14)24;3-2(4,5)1(6)7/h3-4,7-8,11-12,16,28H,5-6,9-10H2,1-2H3;(H,6,7)/t16-;/m0./s1. The molecule has 1 aromatic heterocycles. The molecule has 1 fully saturated rings. The van der Waals surface area contributed by atoms with Crippen molar-refractivity contribution in [2.45, 2.75) is 37.0 Å². The molecule has 2 aromatic carbocycles. The maximum absolute atomic E-state index is 15.1. The van der Waals surface area contributed by atoms with Gasteiger partial charge in [-0.05, 0) is 37.6 Å². The van der Waals surface area contributed by atoms with Gasteiger partial charge in [0, 0.05) is 54.9 Å². The Morgan fingerprint density at radius 3 is 2.44 bits per heavy atom. The van der Waals surface area contributed by atoms with Gasteiger partial charge in [-0.3, -0.25) is 9.62 Å². The lowest BCUT2D eigenvalue weighted by Gasteiger charge is -2.29. The molecule has 8 nitrogen and oxygen atoms in total. The monoisotopic (exact) mass is 628 g/mol. The minimum atomic E-state index is -5.08. The number of alkyl halides is 3. The van der Waals surface area contributed by atoms with Crippen LogP contribution in [0.25, 0.3) is 0 Å². The van der Waals surface area contributed by atoms with E-state index < -0.39 is 50.3 Å². The molecule has 0 spiro atoms. The molecule has 4 rings (SSSR count). The van der Waals surface area contributed by atoms with Gasteiger partial charge in [-0.25, -0.2) is 35.8 Å². The number of nitrogens with one attached hydrogen (secondary N) is 1. The molecule has 224 valence electrons. The molecule has 2 heterocycles. The Labute approximate surface area is 234 Å². The minimum Gasteiger partial charge on any atom is -0.475 e. The number of anilines is 2. The Hall–Kier alpha value is -3.44. The van der Waals surface area contributed by atoms with Crippen molar-refractivity contribution in [3.8, 4) is 0 Å². The van der Waals surface area contributed by atoms with Crippen LogP contribution in [0.2, 0.25) is 0 Å². The van der Waals surface area contributed by atoms with E-state index in [-0.39, 0.29) is 35.2 Å². The molecular weight excluding hydrogens is 605 g/mol. The molecule has 1 saturated heterocycles. The highest BCUT2D eigenvalue weighted by molar-refractivity contribution is 7.92. The zero-order valence-corrected chi connectivity index (χ0v) is 23.0. The predicted molar refractivity (Wildman–Crippen MR) is 136 cm³/mol. The van der Waals surface area contributed by atoms with Gasteiger partial charge < -0.3 is 10.0 Å². The molecule has 17 heteroatoms. The van der Waals surface area contributed by atoms with E-state index in [2.05, 4.69) is 9.71 Å². The highest BCUT2D eigenvalue weighted by Crippen LogP contribution is 2.33. The fourth-order valence-electron chi connectivity index (χ4n) is 4.12. The SMILES string of the molecule is Cc1c(N(C)[C@H]2CCN(Cc3cc(F)ccc3F)C2)cc(F)c(S(=O)(=O)Nc2cscn2)c1F.O=C(O)C(F)(F)F. The number of hydrogen-bond acceptors (Lipinski definition) is 7. The maximum Gasteiger partial charge on any atom is 0.490 e. The van der Waals surface area contributed by atoms with Crippen LogP contribution in [0.5, 0.6) is 0 Å². The molecule has 41 heavy (non-hydrogen) atoms. The molecule has 0 amide bonds. The van der Waals surface area contributed by atoms with Crippen molar-refractivity contribution in [2.24, 2.45) is 0 Å². The van der Waals surface area contributed by atoms with E-state index in [1.54, 1.807) is 11.9 Å². The molecular formula is C24H23F7N4O4S2. The van der Waals surface area contributed by atoms with Crippen molar-refractivity contribution in [3.05, 3.63) is 69.6 Å². The molecule has 0 saturated carbocycles. The van der Waals surface area contributed by atoms with Gasteiger partial charge in [0.25, 0.3) is 10.0 Å². The first-order valence-electron chi connectivity index (χ1n) is 11.6. The van der Waals surface area contributed by atoms with Crippen molar-refractivity contribution in [1.82, 2.24) is 9.88 Å². The molecule has 0 unspecified atom stereocenters. The summed E-state index contributed by atoms with van der Waals surface area (Å²) >= 11 is 1.13. The van der Waals surface area contributed by atoms with E-state index in [0.29, 0.717) is 19.5 Å². The third-order valence-corrected chi connectivity index (χ3v) is 8.13. The maximum atomic E-state index is 15.1. The molecule has 0 bridgehead atoms. The van der Waals surface area contributed by atoms with Crippen LogP contribution < -0.4 is 9.62 Å². The number of thiazole rings is 1. The van der Waals surface area contributed by atoms with Gasteiger partial charge >= 0.3 is 12.1 Å². The lowest BCUT2D eigenvalue weighted by atomic mass is 10.1.